The SMILES string of the molecule is CC(Sc1n[nH]c(C2CCCC2)n1)C(=O)Nc1sc2c(c1C#N)CCCCC2. The Kier molecular flexibility index (Phi) is 6.02. The largest absolute Gasteiger partial charge is 0.316 e. The number of thioether (sulfide) groups is 1. The zero-order chi connectivity index (χ0) is 19.5. The number of carbonyl (C=O) groups excluding carboxylic acids is 1. The Labute approximate surface area is 173 Å². The van der Waals surface area contributed by atoms with Gasteiger partial charge >= 0.3 is 0 Å². The maximum Gasteiger partial charge on any atom is 0.238 e. The monoisotopic (exact) mass is 415 g/mol. The van der Waals surface area contributed by atoms with Crippen molar-refractivity contribution in [3.05, 3.63) is 21.8 Å². The number of H-pyrrole nitrogens is 1. The van der Waals surface area contributed by atoms with E-state index in [1.54, 1.807) is 11.3 Å². The van der Waals surface area contributed by atoms with Crippen molar-refractivity contribution >= 4 is 34.0 Å². The first kappa shape index (κ1) is 19.5. The molecular weight excluding hydrogens is 390 g/mol. The molecule has 2 N–H and O–H groups in total. The second kappa shape index (κ2) is 8.66. The van der Waals surface area contributed by atoms with Gasteiger partial charge in [-0.05, 0) is 51.0 Å². The molecule has 148 valence electrons. The average molecular weight is 416 g/mol. The number of aromatic amines is 1. The highest BCUT2D eigenvalue weighted by atomic mass is 32.2. The second-order valence-corrected chi connectivity index (χ2v) is 10.0. The zero-order valence-electron chi connectivity index (χ0n) is 16.1. The number of nitrogens with one attached hydrogen (secondary N) is 2. The van der Waals surface area contributed by atoms with Crippen LogP contribution in [0.4, 0.5) is 5.00 Å². The van der Waals surface area contributed by atoms with E-state index < -0.39 is 0 Å². The fourth-order valence-corrected chi connectivity index (χ4v) is 6.04. The lowest BCUT2D eigenvalue weighted by Crippen LogP contribution is -2.22. The van der Waals surface area contributed by atoms with Gasteiger partial charge in [0.15, 0.2) is 0 Å². The quantitative estimate of drug-likeness (QED) is 0.541. The molecule has 0 spiro atoms. The van der Waals surface area contributed by atoms with Gasteiger partial charge < -0.3 is 5.32 Å². The normalized spacial score (nSPS) is 18.3. The Morgan fingerprint density at radius 3 is 2.86 bits per heavy atom. The molecule has 2 aliphatic carbocycles. The molecular formula is C20H25N5OS2. The number of nitrogens with zero attached hydrogens (tertiary/aromatic N) is 3. The van der Waals surface area contributed by atoms with Crippen molar-refractivity contribution in [3.63, 3.8) is 0 Å². The van der Waals surface area contributed by atoms with Crippen molar-refractivity contribution < 1.29 is 4.79 Å². The molecule has 28 heavy (non-hydrogen) atoms. The van der Waals surface area contributed by atoms with E-state index in [0.29, 0.717) is 21.6 Å². The van der Waals surface area contributed by atoms with Crippen molar-refractivity contribution in [1.29, 1.82) is 5.26 Å². The maximum atomic E-state index is 12.7. The van der Waals surface area contributed by atoms with E-state index in [4.69, 9.17) is 0 Å². The van der Waals surface area contributed by atoms with Gasteiger partial charge in [0.05, 0.1) is 10.8 Å². The van der Waals surface area contributed by atoms with Gasteiger partial charge in [-0.1, -0.05) is 31.0 Å². The van der Waals surface area contributed by atoms with Crippen LogP contribution >= 0.6 is 23.1 Å². The van der Waals surface area contributed by atoms with Crippen molar-refractivity contribution in [2.24, 2.45) is 0 Å². The van der Waals surface area contributed by atoms with Crippen LogP contribution in [0.2, 0.25) is 0 Å². The molecule has 1 unspecified atom stereocenters. The van der Waals surface area contributed by atoms with E-state index in [1.807, 2.05) is 6.92 Å². The summed E-state index contributed by atoms with van der Waals surface area (Å²) in [7, 11) is 0. The molecule has 2 aromatic heterocycles. The van der Waals surface area contributed by atoms with Crippen molar-refractivity contribution in [2.75, 3.05) is 5.32 Å². The number of fused-ring (bicyclic) bond motifs is 1. The lowest BCUT2D eigenvalue weighted by Gasteiger charge is -2.09. The smallest absolute Gasteiger partial charge is 0.238 e. The molecule has 2 aromatic rings. The van der Waals surface area contributed by atoms with Crippen molar-refractivity contribution in [3.8, 4) is 6.07 Å². The third kappa shape index (κ3) is 4.11. The van der Waals surface area contributed by atoms with Gasteiger partial charge in [-0.2, -0.15) is 5.26 Å². The van der Waals surface area contributed by atoms with Crippen LogP contribution < -0.4 is 5.32 Å². The minimum atomic E-state index is -0.333. The number of nitriles is 1. The molecule has 0 bridgehead atoms. The highest BCUT2D eigenvalue weighted by Gasteiger charge is 2.25. The molecule has 8 heteroatoms. The lowest BCUT2D eigenvalue weighted by molar-refractivity contribution is -0.115. The molecule has 1 amide bonds. The van der Waals surface area contributed by atoms with E-state index in [0.717, 1.165) is 49.9 Å². The number of carbonyl (C=O) groups is 1. The van der Waals surface area contributed by atoms with Crippen LogP contribution in [0.25, 0.3) is 0 Å². The third-order valence-electron chi connectivity index (χ3n) is 5.65. The van der Waals surface area contributed by atoms with Gasteiger partial charge in [-0.25, -0.2) is 4.98 Å². The number of hydrogen-bond acceptors (Lipinski definition) is 6. The molecule has 0 radical (unpaired) electrons. The molecule has 0 aromatic carbocycles. The van der Waals surface area contributed by atoms with Crippen LogP contribution in [0.3, 0.4) is 0 Å². The second-order valence-electron chi connectivity index (χ2n) is 7.61. The summed E-state index contributed by atoms with van der Waals surface area (Å²) in [5.41, 5.74) is 1.81. The first-order valence-electron chi connectivity index (χ1n) is 10.1. The molecule has 1 saturated carbocycles. The standard InChI is InChI=1S/C20H25N5OS2/c1-12(27-20-22-17(24-25-20)13-7-5-6-8-13)18(26)23-19-15(11-21)14-9-3-2-4-10-16(14)28-19/h12-13H,2-10H2,1H3,(H,23,26)(H,22,24,25). The summed E-state index contributed by atoms with van der Waals surface area (Å²) in [5.74, 6) is 1.32. The number of aromatic nitrogens is 3. The van der Waals surface area contributed by atoms with Crippen LogP contribution in [-0.2, 0) is 17.6 Å². The Bertz CT molecular complexity index is 891. The van der Waals surface area contributed by atoms with Crippen LogP contribution in [0.1, 0.15) is 79.6 Å². The van der Waals surface area contributed by atoms with Gasteiger partial charge in [0, 0.05) is 10.8 Å². The van der Waals surface area contributed by atoms with E-state index in [2.05, 4.69) is 26.6 Å². The van der Waals surface area contributed by atoms with Crippen LogP contribution in [0, 0.1) is 11.3 Å². The van der Waals surface area contributed by atoms with E-state index in [1.165, 1.54) is 35.9 Å². The molecule has 1 fully saturated rings. The highest BCUT2D eigenvalue weighted by molar-refractivity contribution is 8.00. The number of rotatable bonds is 5. The van der Waals surface area contributed by atoms with Gasteiger partial charge in [0.2, 0.25) is 11.1 Å². The van der Waals surface area contributed by atoms with Crippen LogP contribution in [0.15, 0.2) is 5.16 Å². The Morgan fingerprint density at radius 2 is 2.07 bits per heavy atom. The summed E-state index contributed by atoms with van der Waals surface area (Å²) in [4.78, 5) is 18.6. The van der Waals surface area contributed by atoms with Crippen LogP contribution in [0.5, 0.6) is 0 Å². The maximum absolute atomic E-state index is 12.7. The first-order valence-corrected chi connectivity index (χ1v) is 11.8. The number of thiophene rings is 1. The van der Waals surface area contributed by atoms with E-state index in [-0.39, 0.29) is 11.2 Å². The fourth-order valence-electron chi connectivity index (χ4n) is 4.07. The van der Waals surface area contributed by atoms with Gasteiger partial charge in [0.1, 0.15) is 16.9 Å². The predicted molar refractivity (Wildman–Crippen MR) is 112 cm³/mol. The number of hydrogen-bond donors (Lipinski definition) is 2. The number of aryl methyl sites for hydroxylation is 1. The molecule has 4 rings (SSSR count). The first-order chi connectivity index (χ1) is 13.7. The van der Waals surface area contributed by atoms with Gasteiger partial charge in [-0.15, -0.1) is 16.4 Å². The van der Waals surface area contributed by atoms with E-state index in [9.17, 15) is 10.1 Å². The Morgan fingerprint density at radius 1 is 1.29 bits per heavy atom. The number of amides is 1. The average Bonchev–Trinajstić information content (AvgIpc) is 3.39. The molecule has 2 heterocycles. The highest BCUT2D eigenvalue weighted by Crippen LogP contribution is 2.37. The fraction of sp³-hybridized carbons (Fsp3) is 0.600. The summed E-state index contributed by atoms with van der Waals surface area (Å²) >= 11 is 2.93. The minimum Gasteiger partial charge on any atom is -0.316 e. The van der Waals surface area contributed by atoms with Gasteiger partial charge in [-0.3, -0.25) is 9.89 Å². The number of anilines is 1. The molecule has 0 saturated heterocycles. The Balaban J connectivity index is 1.41. The van der Waals surface area contributed by atoms with Crippen molar-refractivity contribution in [2.45, 2.75) is 81.0 Å². The summed E-state index contributed by atoms with van der Waals surface area (Å²) < 4.78 is 0. The molecule has 1 atom stereocenters. The predicted octanol–water partition coefficient (Wildman–Crippen LogP) is 4.78. The zero-order valence-corrected chi connectivity index (χ0v) is 17.7. The topological polar surface area (TPSA) is 94.5 Å². The van der Waals surface area contributed by atoms with Crippen LogP contribution in [-0.4, -0.2) is 26.3 Å². The molecule has 6 nitrogen and oxygen atoms in total. The Hall–Kier alpha value is -1.85. The van der Waals surface area contributed by atoms with Crippen molar-refractivity contribution in [1.82, 2.24) is 15.2 Å². The minimum absolute atomic E-state index is 0.106. The van der Waals surface area contributed by atoms with E-state index >= 15 is 0 Å². The lowest BCUT2D eigenvalue weighted by atomic mass is 10.1. The summed E-state index contributed by atoms with van der Waals surface area (Å²) in [5, 5.41) is 20.9. The molecule has 2 aliphatic rings. The third-order valence-corrected chi connectivity index (χ3v) is 7.81. The summed E-state index contributed by atoms with van der Waals surface area (Å²) in [6.45, 7) is 1.86. The summed E-state index contributed by atoms with van der Waals surface area (Å²) in [6.07, 6.45) is 10.3. The molecule has 0 aliphatic heterocycles. The van der Waals surface area contributed by atoms with Gasteiger partial charge in [0.25, 0.3) is 0 Å². The summed E-state index contributed by atoms with van der Waals surface area (Å²) in [6, 6.07) is 2.32.